The first kappa shape index (κ1) is 15.0. The van der Waals surface area contributed by atoms with Gasteiger partial charge in [-0.25, -0.2) is 0 Å². The first-order valence-corrected chi connectivity index (χ1v) is 7.68. The van der Waals surface area contributed by atoms with Gasteiger partial charge in [0.25, 0.3) is 0 Å². The fraction of sp³-hybridized carbons (Fsp3) is 0.429. The van der Waals surface area contributed by atoms with E-state index in [0.29, 0.717) is 6.04 Å². The molecule has 0 radical (unpaired) electrons. The summed E-state index contributed by atoms with van der Waals surface area (Å²) in [7, 11) is 0. The first-order valence-electron chi connectivity index (χ1n) is 5.80. The van der Waals surface area contributed by atoms with Gasteiger partial charge in [-0.05, 0) is 65.7 Å². The molecular weight excluding hydrogens is 389 g/mol. The molecule has 17 heavy (non-hydrogen) atoms. The van der Waals surface area contributed by atoms with Crippen LogP contribution in [-0.4, -0.2) is 6.54 Å². The zero-order valence-corrected chi connectivity index (χ0v) is 13.7. The number of hydrogen-bond acceptors (Lipinski definition) is 1. The number of terminal acetylenes is 1. The summed E-state index contributed by atoms with van der Waals surface area (Å²) >= 11 is 5.97. The van der Waals surface area contributed by atoms with Gasteiger partial charge in [0, 0.05) is 20.5 Å². The maximum Gasteiger partial charge on any atom is 0.0332 e. The van der Waals surface area contributed by atoms with E-state index in [2.05, 4.69) is 74.9 Å². The lowest BCUT2D eigenvalue weighted by atomic mass is 10.0. The van der Waals surface area contributed by atoms with Crippen molar-refractivity contribution in [2.45, 2.75) is 32.2 Å². The monoisotopic (exact) mass is 405 g/mol. The van der Waals surface area contributed by atoms with E-state index in [1.165, 1.54) is 13.6 Å². The van der Waals surface area contributed by atoms with Crippen molar-refractivity contribution in [3.8, 4) is 12.3 Å². The standard InChI is InChI=1S/C14H17BrIN/c1-3-5-6-7-14(17-4-2)12-10-11(16)8-9-13(12)15/h1,8-10,14,17H,4-7H2,2H3. The minimum Gasteiger partial charge on any atom is -0.310 e. The summed E-state index contributed by atoms with van der Waals surface area (Å²) in [6.45, 7) is 3.11. The summed E-state index contributed by atoms with van der Waals surface area (Å²) in [4.78, 5) is 0. The molecule has 0 fully saturated rings. The van der Waals surface area contributed by atoms with Crippen LogP contribution in [0.1, 0.15) is 37.8 Å². The third-order valence-corrected chi connectivity index (χ3v) is 3.99. The van der Waals surface area contributed by atoms with Crippen molar-refractivity contribution < 1.29 is 0 Å². The molecule has 0 bridgehead atoms. The van der Waals surface area contributed by atoms with Crippen molar-refractivity contribution in [1.29, 1.82) is 0 Å². The van der Waals surface area contributed by atoms with Gasteiger partial charge in [-0.15, -0.1) is 12.3 Å². The van der Waals surface area contributed by atoms with Crippen LogP contribution in [0.3, 0.4) is 0 Å². The Kier molecular flexibility index (Phi) is 7.17. The molecule has 0 aliphatic heterocycles. The molecule has 1 rings (SSSR count). The molecule has 1 nitrogen and oxygen atoms in total. The summed E-state index contributed by atoms with van der Waals surface area (Å²) in [5.41, 5.74) is 1.33. The minimum atomic E-state index is 0.387. The van der Waals surface area contributed by atoms with Gasteiger partial charge >= 0.3 is 0 Å². The molecule has 0 saturated carbocycles. The van der Waals surface area contributed by atoms with E-state index >= 15 is 0 Å². The second-order valence-corrected chi connectivity index (χ2v) is 5.97. The summed E-state index contributed by atoms with van der Waals surface area (Å²) in [5.74, 6) is 2.70. The second kappa shape index (κ2) is 8.12. The van der Waals surface area contributed by atoms with Crippen LogP contribution in [0, 0.1) is 15.9 Å². The Balaban J connectivity index is 2.81. The van der Waals surface area contributed by atoms with Crippen LogP contribution in [-0.2, 0) is 0 Å². The molecule has 0 aliphatic rings. The predicted octanol–water partition coefficient (Wildman–Crippen LogP) is 4.51. The molecule has 1 atom stereocenters. The molecule has 0 saturated heterocycles. The Hall–Kier alpha value is -0.0500. The number of rotatable bonds is 6. The van der Waals surface area contributed by atoms with Crippen molar-refractivity contribution in [1.82, 2.24) is 5.32 Å². The van der Waals surface area contributed by atoms with E-state index in [0.717, 1.165) is 25.8 Å². The molecule has 3 heteroatoms. The molecule has 0 spiro atoms. The largest absolute Gasteiger partial charge is 0.310 e. The van der Waals surface area contributed by atoms with Gasteiger partial charge in [0.15, 0.2) is 0 Å². The molecule has 0 amide bonds. The quantitative estimate of drug-likeness (QED) is 0.417. The lowest BCUT2D eigenvalue weighted by Crippen LogP contribution is -2.21. The highest BCUT2D eigenvalue weighted by atomic mass is 127. The second-order valence-electron chi connectivity index (χ2n) is 3.87. The SMILES string of the molecule is C#CCCCC(NCC)c1cc(I)ccc1Br. The van der Waals surface area contributed by atoms with E-state index in [1.807, 2.05) is 0 Å². The summed E-state index contributed by atoms with van der Waals surface area (Å²) in [5, 5.41) is 3.52. The van der Waals surface area contributed by atoms with Gasteiger partial charge in [0.2, 0.25) is 0 Å². The average Bonchev–Trinajstić information content (AvgIpc) is 2.32. The smallest absolute Gasteiger partial charge is 0.0332 e. The van der Waals surface area contributed by atoms with Crippen LogP contribution in [0.15, 0.2) is 22.7 Å². The normalized spacial score (nSPS) is 12.1. The van der Waals surface area contributed by atoms with Crippen LogP contribution in [0.2, 0.25) is 0 Å². The van der Waals surface area contributed by atoms with Gasteiger partial charge in [-0.2, -0.15) is 0 Å². The molecule has 92 valence electrons. The number of unbranched alkanes of at least 4 members (excludes halogenated alkanes) is 1. The fourth-order valence-electron chi connectivity index (χ4n) is 1.80. The van der Waals surface area contributed by atoms with E-state index < -0.39 is 0 Å². The molecule has 0 aliphatic carbocycles. The molecule has 0 aromatic heterocycles. The van der Waals surface area contributed by atoms with Gasteiger partial charge in [-0.3, -0.25) is 0 Å². The van der Waals surface area contributed by atoms with Gasteiger partial charge < -0.3 is 5.32 Å². The Labute approximate surface area is 126 Å². The minimum absolute atomic E-state index is 0.387. The first-order chi connectivity index (χ1) is 8.19. The van der Waals surface area contributed by atoms with Crippen molar-refractivity contribution in [2.75, 3.05) is 6.54 Å². The van der Waals surface area contributed by atoms with Crippen molar-refractivity contribution >= 4 is 38.5 Å². The van der Waals surface area contributed by atoms with Gasteiger partial charge in [0.05, 0.1) is 0 Å². The Morgan fingerprint density at radius 1 is 1.53 bits per heavy atom. The van der Waals surface area contributed by atoms with E-state index in [-0.39, 0.29) is 0 Å². The summed E-state index contributed by atoms with van der Waals surface area (Å²) < 4.78 is 2.44. The predicted molar refractivity (Wildman–Crippen MR) is 86.0 cm³/mol. The third-order valence-electron chi connectivity index (χ3n) is 2.60. The van der Waals surface area contributed by atoms with Crippen LogP contribution >= 0.6 is 38.5 Å². The van der Waals surface area contributed by atoms with Crippen molar-refractivity contribution in [3.05, 3.63) is 31.8 Å². The highest BCUT2D eigenvalue weighted by Gasteiger charge is 2.13. The van der Waals surface area contributed by atoms with Crippen molar-refractivity contribution in [3.63, 3.8) is 0 Å². The van der Waals surface area contributed by atoms with Gasteiger partial charge in [-0.1, -0.05) is 22.9 Å². The lowest BCUT2D eigenvalue weighted by molar-refractivity contribution is 0.500. The topological polar surface area (TPSA) is 12.0 Å². The Morgan fingerprint density at radius 2 is 2.29 bits per heavy atom. The van der Waals surface area contributed by atoms with E-state index in [1.54, 1.807) is 0 Å². The lowest BCUT2D eigenvalue weighted by Gasteiger charge is -2.19. The summed E-state index contributed by atoms with van der Waals surface area (Å²) in [6, 6.07) is 6.84. The third kappa shape index (κ3) is 4.99. The van der Waals surface area contributed by atoms with Gasteiger partial charge in [0.1, 0.15) is 0 Å². The molecular formula is C14H17BrIN. The molecule has 1 aromatic carbocycles. The number of hydrogen-bond donors (Lipinski definition) is 1. The molecule has 1 aromatic rings. The molecule has 1 unspecified atom stereocenters. The number of benzene rings is 1. The molecule has 0 heterocycles. The Bertz CT molecular complexity index is 398. The molecule has 1 N–H and O–H groups in total. The zero-order chi connectivity index (χ0) is 12.7. The van der Waals surface area contributed by atoms with Crippen molar-refractivity contribution in [2.24, 2.45) is 0 Å². The summed E-state index contributed by atoms with van der Waals surface area (Å²) in [6.07, 6.45) is 8.29. The van der Waals surface area contributed by atoms with Crippen LogP contribution < -0.4 is 5.32 Å². The Morgan fingerprint density at radius 3 is 2.94 bits per heavy atom. The maximum absolute atomic E-state index is 5.30. The number of halogens is 2. The van der Waals surface area contributed by atoms with Crippen LogP contribution in [0.5, 0.6) is 0 Å². The fourth-order valence-corrected chi connectivity index (χ4v) is 2.84. The van der Waals surface area contributed by atoms with Crippen LogP contribution in [0.4, 0.5) is 0 Å². The highest BCUT2D eigenvalue weighted by Crippen LogP contribution is 2.28. The highest BCUT2D eigenvalue weighted by molar-refractivity contribution is 14.1. The van der Waals surface area contributed by atoms with E-state index in [4.69, 9.17) is 6.42 Å². The van der Waals surface area contributed by atoms with Crippen LogP contribution in [0.25, 0.3) is 0 Å². The zero-order valence-electron chi connectivity index (χ0n) is 9.97. The average molecular weight is 406 g/mol. The maximum atomic E-state index is 5.30. The van der Waals surface area contributed by atoms with E-state index in [9.17, 15) is 0 Å². The number of nitrogens with one attached hydrogen (secondary N) is 1.